The maximum atomic E-state index is 6.13. The van der Waals surface area contributed by atoms with Crippen molar-refractivity contribution in [2.45, 2.75) is 88.9 Å². The number of ether oxygens (including phenoxy) is 4. The van der Waals surface area contributed by atoms with E-state index in [1.165, 1.54) is 19.3 Å². The SMILES string of the molecule is CC1(C)O[C@H]2O[C@@H]3C4=NO[C@@H](CCCCCCO[C@@H]3[C@H]2O1)C4. The minimum Gasteiger partial charge on any atom is -0.392 e. The van der Waals surface area contributed by atoms with Gasteiger partial charge in [-0.2, -0.15) is 0 Å². The molecule has 0 unspecified atom stereocenters. The van der Waals surface area contributed by atoms with Crippen molar-refractivity contribution in [1.29, 1.82) is 0 Å². The summed E-state index contributed by atoms with van der Waals surface area (Å²) >= 11 is 0. The third-order valence-electron chi connectivity index (χ3n) is 4.81. The maximum Gasteiger partial charge on any atom is 0.190 e. The minimum atomic E-state index is -0.621. The Morgan fingerprint density at radius 1 is 1.05 bits per heavy atom. The first kappa shape index (κ1) is 14.9. The zero-order chi connectivity index (χ0) is 15.2. The Labute approximate surface area is 131 Å². The fourth-order valence-corrected chi connectivity index (χ4v) is 3.75. The van der Waals surface area contributed by atoms with Gasteiger partial charge >= 0.3 is 0 Å². The Morgan fingerprint density at radius 3 is 2.82 bits per heavy atom. The van der Waals surface area contributed by atoms with Gasteiger partial charge in [-0.05, 0) is 33.1 Å². The zero-order valence-electron chi connectivity index (χ0n) is 13.3. The molecule has 22 heavy (non-hydrogen) atoms. The molecular formula is C16H25NO5. The highest BCUT2D eigenvalue weighted by molar-refractivity contribution is 5.90. The molecule has 0 spiro atoms. The summed E-state index contributed by atoms with van der Waals surface area (Å²) < 4.78 is 24.1. The summed E-state index contributed by atoms with van der Waals surface area (Å²) in [6.07, 6.45) is 5.82. The lowest BCUT2D eigenvalue weighted by Crippen LogP contribution is -2.41. The molecule has 0 amide bonds. The van der Waals surface area contributed by atoms with Gasteiger partial charge in [-0.25, -0.2) is 0 Å². The van der Waals surface area contributed by atoms with Gasteiger partial charge in [0.15, 0.2) is 12.1 Å². The monoisotopic (exact) mass is 311 g/mol. The van der Waals surface area contributed by atoms with Crippen molar-refractivity contribution < 1.29 is 23.8 Å². The highest BCUT2D eigenvalue weighted by Gasteiger charge is 2.57. The normalized spacial score (nSPS) is 44.3. The van der Waals surface area contributed by atoms with Crippen molar-refractivity contribution in [3.63, 3.8) is 0 Å². The van der Waals surface area contributed by atoms with Crippen LogP contribution in [-0.4, -0.2) is 48.8 Å². The zero-order valence-corrected chi connectivity index (χ0v) is 13.3. The van der Waals surface area contributed by atoms with Crippen LogP contribution in [0.5, 0.6) is 0 Å². The molecule has 2 bridgehead atoms. The average molecular weight is 311 g/mol. The van der Waals surface area contributed by atoms with E-state index in [1.54, 1.807) is 0 Å². The summed E-state index contributed by atoms with van der Waals surface area (Å²) in [5.74, 6) is -0.621. The molecule has 6 nitrogen and oxygen atoms in total. The summed E-state index contributed by atoms with van der Waals surface area (Å²) in [6.45, 7) is 4.55. The topological polar surface area (TPSA) is 58.5 Å². The lowest BCUT2D eigenvalue weighted by Gasteiger charge is -2.26. The third-order valence-corrected chi connectivity index (χ3v) is 4.81. The molecular weight excluding hydrogens is 286 g/mol. The van der Waals surface area contributed by atoms with Crippen LogP contribution in [0.25, 0.3) is 0 Å². The smallest absolute Gasteiger partial charge is 0.190 e. The standard InChI is InChI=1S/C16H25NO5/c1-16(2)20-14-13-12(19-15(14)21-16)11-9-10(22-17-11)7-5-3-4-6-8-18-13/h10,12-15H,3-9H2,1-2H3/t10-,12+,13-,14+,15+/m0/s1. The van der Waals surface area contributed by atoms with Crippen LogP contribution in [0.15, 0.2) is 5.16 Å². The van der Waals surface area contributed by atoms with Crippen LogP contribution in [0.2, 0.25) is 0 Å². The molecule has 0 aromatic heterocycles. The largest absolute Gasteiger partial charge is 0.392 e. The number of rotatable bonds is 0. The van der Waals surface area contributed by atoms with Gasteiger partial charge in [0.2, 0.25) is 0 Å². The van der Waals surface area contributed by atoms with E-state index in [2.05, 4.69) is 5.16 Å². The van der Waals surface area contributed by atoms with Gasteiger partial charge in [-0.15, -0.1) is 0 Å². The quantitative estimate of drug-likeness (QED) is 0.687. The molecule has 0 N–H and O–H groups in total. The Balaban J connectivity index is 1.53. The minimum absolute atomic E-state index is 0.160. The summed E-state index contributed by atoms with van der Waals surface area (Å²) in [5.41, 5.74) is 0.940. The molecule has 4 aliphatic rings. The molecule has 0 aliphatic carbocycles. The summed E-state index contributed by atoms with van der Waals surface area (Å²) in [7, 11) is 0. The molecule has 4 rings (SSSR count). The van der Waals surface area contributed by atoms with Crippen molar-refractivity contribution in [2.24, 2.45) is 5.16 Å². The summed E-state index contributed by atoms with van der Waals surface area (Å²) in [6, 6.07) is 0. The molecule has 6 heteroatoms. The van der Waals surface area contributed by atoms with Gasteiger partial charge in [-0.3, -0.25) is 0 Å². The predicted molar refractivity (Wildman–Crippen MR) is 78.4 cm³/mol. The van der Waals surface area contributed by atoms with Gasteiger partial charge in [0.25, 0.3) is 0 Å². The van der Waals surface area contributed by atoms with E-state index in [-0.39, 0.29) is 30.7 Å². The number of hydrogen-bond donors (Lipinski definition) is 0. The Morgan fingerprint density at radius 2 is 1.91 bits per heavy atom. The lowest BCUT2D eigenvalue weighted by atomic mass is 9.98. The van der Waals surface area contributed by atoms with Crippen molar-refractivity contribution in [3.8, 4) is 0 Å². The Kier molecular flexibility index (Phi) is 3.88. The van der Waals surface area contributed by atoms with Gasteiger partial charge in [0.05, 0.1) is 5.71 Å². The van der Waals surface area contributed by atoms with E-state index in [0.717, 1.165) is 31.6 Å². The van der Waals surface area contributed by atoms with Crippen LogP contribution in [0.1, 0.15) is 52.4 Å². The van der Waals surface area contributed by atoms with Crippen molar-refractivity contribution in [3.05, 3.63) is 0 Å². The Hall–Kier alpha value is -0.690. The highest BCUT2D eigenvalue weighted by atomic mass is 16.8. The maximum absolute atomic E-state index is 6.13. The number of fused-ring (bicyclic) bond motifs is 6. The lowest BCUT2D eigenvalue weighted by molar-refractivity contribution is -0.210. The van der Waals surface area contributed by atoms with E-state index in [9.17, 15) is 0 Å². The predicted octanol–water partition coefficient (Wildman–Crippen LogP) is 2.36. The van der Waals surface area contributed by atoms with Crippen LogP contribution in [0.4, 0.5) is 0 Å². The van der Waals surface area contributed by atoms with Gasteiger partial charge in [-0.1, -0.05) is 18.0 Å². The molecule has 0 radical (unpaired) electrons. The van der Waals surface area contributed by atoms with Crippen molar-refractivity contribution >= 4 is 5.71 Å². The molecule has 4 heterocycles. The first-order chi connectivity index (χ1) is 10.6. The summed E-state index contributed by atoms with van der Waals surface area (Å²) in [4.78, 5) is 5.57. The number of hydrogen-bond acceptors (Lipinski definition) is 6. The average Bonchev–Trinajstić information content (AvgIpc) is 3.10. The van der Waals surface area contributed by atoms with Crippen molar-refractivity contribution in [1.82, 2.24) is 0 Å². The second kappa shape index (κ2) is 5.74. The molecule has 0 aromatic carbocycles. The van der Waals surface area contributed by atoms with Crippen LogP contribution in [-0.2, 0) is 23.8 Å². The van der Waals surface area contributed by atoms with E-state index in [4.69, 9.17) is 23.8 Å². The second-order valence-corrected chi connectivity index (χ2v) is 7.08. The molecule has 0 saturated carbocycles. The van der Waals surface area contributed by atoms with E-state index in [1.807, 2.05) is 13.8 Å². The van der Waals surface area contributed by atoms with Gasteiger partial charge in [0.1, 0.15) is 24.4 Å². The molecule has 124 valence electrons. The van der Waals surface area contributed by atoms with Crippen LogP contribution in [0.3, 0.4) is 0 Å². The Bertz CT molecular complexity index is 452. The molecule has 3 fully saturated rings. The first-order valence-electron chi connectivity index (χ1n) is 8.48. The third kappa shape index (κ3) is 2.77. The molecule has 5 atom stereocenters. The van der Waals surface area contributed by atoms with Crippen LogP contribution < -0.4 is 0 Å². The molecule has 3 saturated heterocycles. The molecule has 4 aliphatic heterocycles. The number of oxime groups is 1. The van der Waals surface area contributed by atoms with Crippen molar-refractivity contribution in [2.75, 3.05) is 6.61 Å². The van der Waals surface area contributed by atoms with E-state index >= 15 is 0 Å². The van der Waals surface area contributed by atoms with Crippen LogP contribution in [0, 0.1) is 0 Å². The first-order valence-corrected chi connectivity index (χ1v) is 8.48. The van der Waals surface area contributed by atoms with E-state index < -0.39 is 5.79 Å². The van der Waals surface area contributed by atoms with E-state index in [0.29, 0.717) is 0 Å². The molecule has 0 aromatic rings. The van der Waals surface area contributed by atoms with Crippen LogP contribution >= 0.6 is 0 Å². The van der Waals surface area contributed by atoms with Gasteiger partial charge < -0.3 is 23.8 Å². The fourth-order valence-electron chi connectivity index (χ4n) is 3.75. The fraction of sp³-hybridized carbons (Fsp3) is 0.938. The highest BCUT2D eigenvalue weighted by Crippen LogP contribution is 2.40. The number of nitrogens with zero attached hydrogens (tertiary/aromatic N) is 1. The summed E-state index contributed by atoms with van der Waals surface area (Å²) in [5, 5.41) is 4.27. The van der Waals surface area contributed by atoms with Gasteiger partial charge in [0, 0.05) is 13.0 Å². The second-order valence-electron chi connectivity index (χ2n) is 7.08.